The molecule has 30 heteroatoms. The summed E-state index contributed by atoms with van der Waals surface area (Å²) < 4.78 is 55.8. The average Bonchev–Trinajstić information content (AvgIpc) is 1.79. The molecule has 2 aromatic carbocycles. The number of likely N-dealkylation sites (tertiary alicyclic amines) is 1. The number of hydrogen-bond donors (Lipinski definition) is 8. The van der Waals surface area contributed by atoms with Crippen molar-refractivity contribution in [3.05, 3.63) is 116 Å². The molecule has 2 aliphatic heterocycles. The van der Waals surface area contributed by atoms with E-state index >= 15 is 0 Å². The number of aryl methyl sites for hydroxylation is 3. The number of nitrogens with one attached hydrogen (secondary N) is 7. The van der Waals surface area contributed by atoms with Gasteiger partial charge in [-0.3, -0.25) is 33.7 Å². The summed E-state index contributed by atoms with van der Waals surface area (Å²) in [7, 11) is 0. The molecular weight excluding hydrogens is 1380 g/mol. The van der Waals surface area contributed by atoms with Crippen molar-refractivity contribution < 1.29 is 76.4 Å². The number of aliphatic hydroxyl groups is 1. The number of nitrogens with zero attached hydrogens (tertiary/aromatic N) is 5. The van der Waals surface area contributed by atoms with Crippen LogP contribution < -0.4 is 37.0 Å². The van der Waals surface area contributed by atoms with Gasteiger partial charge in [0.05, 0.1) is 160 Å². The third-order valence-corrected chi connectivity index (χ3v) is 18.4. The molecule has 0 bridgehead atoms. The molecular formula is C76H112N12O17S. The van der Waals surface area contributed by atoms with Crippen LogP contribution in [-0.2, 0) is 79.6 Å². The van der Waals surface area contributed by atoms with Gasteiger partial charge in [0, 0.05) is 125 Å². The first-order chi connectivity index (χ1) is 51.2. The number of amides is 5. The van der Waals surface area contributed by atoms with E-state index in [9.17, 15) is 33.9 Å². The molecule has 5 heterocycles. The van der Waals surface area contributed by atoms with Crippen LogP contribution in [0, 0.1) is 31.6 Å². The Bertz CT molecular complexity index is 3550. The molecule has 8 N–H and O–H groups in total. The van der Waals surface area contributed by atoms with Gasteiger partial charge in [0.1, 0.15) is 17.9 Å². The summed E-state index contributed by atoms with van der Waals surface area (Å²) in [4.78, 5) is 98.3. The van der Waals surface area contributed by atoms with Gasteiger partial charge in [0.2, 0.25) is 23.6 Å². The molecule has 29 nitrogen and oxygen atoms in total. The number of piperazine rings is 1. The van der Waals surface area contributed by atoms with Crippen LogP contribution in [0.1, 0.15) is 97.9 Å². The number of hydrogen-bond acceptors (Lipinski definition) is 24. The minimum absolute atomic E-state index is 0.0115. The second-order valence-corrected chi connectivity index (χ2v) is 28.1. The Balaban J connectivity index is 0.590. The van der Waals surface area contributed by atoms with Crippen molar-refractivity contribution >= 4 is 58.6 Å². The molecule has 3 aromatic heterocycles. The van der Waals surface area contributed by atoms with Gasteiger partial charge in [0.15, 0.2) is 0 Å². The second-order valence-electron chi connectivity index (χ2n) is 27.2. The fraction of sp³-hybridized carbons (Fsp3) is 0.592. The Hall–Kier alpha value is -7.69. The molecule has 2 fully saturated rings. The van der Waals surface area contributed by atoms with E-state index in [1.165, 1.54) is 11.1 Å². The highest BCUT2D eigenvalue weighted by Crippen LogP contribution is 2.32. The van der Waals surface area contributed by atoms with Crippen molar-refractivity contribution in [2.75, 3.05) is 188 Å². The number of thiazole rings is 1. The Morgan fingerprint density at radius 2 is 1.22 bits per heavy atom. The fourth-order valence-corrected chi connectivity index (χ4v) is 12.6. The van der Waals surface area contributed by atoms with Crippen LogP contribution in [0.2, 0.25) is 0 Å². The molecule has 2 aliphatic rings. The Morgan fingerprint density at radius 1 is 0.660 bits per heavy atom. The third kappa shape index (κ3) is 29.8. The zero-order valence-corrected chi connectivity index (χ0v) is 63.8. The molecule has 3 atom stereocenters. The van der Waals surface area contributed by atoms with Gasteiger partial charge in [-0.25, -0.2) is 9.97 Å². The van der Waals surface area contributed by atoms with Crippen molar-refractivity contribution in [3.8, 4) is 21.6 Å². The molecule has 0 radical (unpaired) electrons. The molecule has 0 aliphatic carbocycles. The average molecular weight is 1500 g/mol. The lowest BCUT2D eigenvalue weighted by Gasteiger charge is -2.35. The summed E-state index contributed by atoms with van der Waals surface area (Å²) in [5.41, 5.74) is 8.78. The zero-order valence-electron chi connectivity index (χ0n) is 63.0. The van der Waals surface area contributed by atoms with Crippen LogP contribution in [0.5, 0.6) is 0 Å². The molecule has 2 saturated heterocycles. The van der Waals surface area contributed by atoms with Gasteiger partial charge in [0.25, 0.3) is 11.5 Å². The van der Waals surface area contributed by atoms with Gasteiger partial charge in [-0.05, 0) is 92.6 Å². The van der Waals surface area contributed by atoms with Gasteiger partial charge < -0.3 is 99.3 Å². The van der Waals surface area contributed by atoms with Crippen LogP contribution in [0.3, 0.4) is 0 Å². The Morgan fingerprint density at radius 3 is 1.73 bits per heavy atom. The topological polar surface area (TPSA) is 350 Å². The number of aromatic nitrogens is 3. The number of carbonyl (C=O) groups is 5. The zero-order chi connectivity index (χ0) is 76.1. The summed E-state index contributed by atoms with van der Waals surface area (Å²) in [5.74, 6) is -0.748. The second kappa shape index (κ2) is 46.5. The van der Waals surface area contributed by atoms with Crippen LogP contribution in [0.4, 0.5) is 11.5 Å². The van der Waals surface area contributed by atoms with E-state index in [0.717, 1.165) is 76.1 Å². The van der Waals surface area contributed by atoms with E-state index in [4.69, 9.17) is 57.8 Å². The lowest BCUT2D eigenvalue weighted by atomic mass is 9.85. The summed E-state index contributed by atoms with van der Waals surface area (Å²) >= 11 is 1.57. The minimum atomic E-state index is -0.936. The normalized spacial score (nSPS) is 15.1. The first-order valence-corrected chi connectivity index (χ1v) is 37.5. The summed E-state index contributed by atoms with van der Waals surface area (Å²) in [6, 6.07) is 15.6. The molecule has 584 valence electrons. The van der Waals surface area contributed by atoms with Crippen molar-refractivity contribution in [2.24, 2.45) is 5.41 Å². The maximum Gasteiger partial charge on any atom is 0.253 e. The quantitative estimate of drug-likeness (QED) is 0.0183. The summed E-state index contributed by atoms with van der Waals surface area (Å²) in [6.45, 7) is 27.4. The van der Waals surface area contributed by atoms with E-state index < -0.39 is 35.4 Å². The summed E-state index contributed by atoms with van der Waals surface area (Å²) in [6.07, 6.45) is 2.61. The number of pyridine rings is 2. The van der Waals surface area contributed by atoms with Gasteiger partial charge in [-0.1, -0.05) is 45.0 Å². The number of carbonyl (C=O) groups excluding carboxylic acids is 5. The van der Waals surface area contributed by atoms with E-state index in [-0.39, 0.29) is 75.0 Å². The van der Waals surface area contributed by atoms with Crippen molar-refractivity contribution in [1.82, 2.24) is 46.0 Å². The lowest BCUT2D eigenvalue weighted by molar-refractivity contribution is -0.144. The number of aromatic amines is 1. The molecule has 106 heavy (non-hydrogen) atoms. The monoisotopic (exact) mass is 1500 g/mol. The number of aliphatic hydroxyl groups excluding tert-OH is 1. The van der Waals surface area contributed by atoms with Crippen LogP contribution in [-0.4, -0.2) is 268 Å². The minimum Gasteiger partial charge on any atom is -0.391 e. The molecule has 5 amide bonds. The maximum absolute atomic E-state index is 14.0. The van der Waals surface area contributed by atoms with Gasteiger partial charge in [-0.15, -0.1) is 11.3 Å². The lowest BCUT2D eigenvalue weighted by Crippen LogP contribution is -2.57. The molecule has 0 spiro atoms. The number of rotatable bonds is 50. The number of benzene rings is 2. The Labute approximate surface area is 626 Å². The van der Waals surface area contributed by atoms with Crippen LogP contribution in [0.25, 0.3) is 21.6 Å². The van der Waals surface area contributed by atoms with E-state index in [2.05, 4.69) is 46.4 Å². The largest absolute Gasteiger partial charge is 0.391 e. The van der Waals surface area contributed by atoms with Gasteiger partial charge >= 0.3 is 0 Å². The van der Waals surface area contributed by atoms with Gasteiger partial charge in [-0.2, -0.15) is 0 Å². The van der Waals surface area contributed by atoms with Crippen molar-refractivity contribution in [1.29, 1.82) is 5.41 Å². The third-order valence-electron chi connectivity index (χ3n) is 17.5. The summed E-state index contributed by atoms with van der Waals surface area (Å²) in [5, 5.41) is 33.8. The standard InChI is InChI=1S/C76H112N12O17S/c1-53(2)83-65-45-60(44-62(63(65)47-77)72(92)81-50-64-54(3)43-55(4)84-73(64)93)59-13-14-67(79-49-59)87-21-19-86(20-22-87)18-15-68(90)78-17-24-97-26-28-99-30-32-101-34-36-103-38-40-105-42-41-104-39-37-102-35-33-100-31-29-98-27-25-96-23-16-69(91)85-71(76(6,7)8)75(95)88-51-61(89)46-66(88)74(94)80-48-57-9-11-58(12-10-57)70-56(5)82-52-106-70/h9-14,43-45,47,49,52-53,61,66,71,77,83,89H,15-42,46,48,50-51H2,1-8H3,(H,78,90)(H,80,94)(H,81,92)(H,84,93)(H,85,91)/t61-,66+,71-/m1/s1. The smallest absolute Gasteiger partial charge is 0.253 e. The van der Waals surface area contributed by atoms with Crippen molar-refractivity contribution in [3.63, 3.8) is 0 Å². The van der Waals surface area contributed by atoms with Crippen molar-refractivity contribution in [2.45, 2.75) is 112 Å². The van der Waals surface area contributed by atoms with E-state index in [0.29, 0.717) is 161 Å². The fourth-order valence-electron chi connectivity index (χ4n) is 11.8. The predicted molar refractivity (Wildman–Crippen MR) is 405 cm³/mol. The first-order valence-electron chi connectivity index (χ1n) is 36.6. The highest BCUT2D eigenvalue weighted by atomic mass is 32.1. The molecule has 0 unspecified atom stereocenters. The Kier molecular flexibility index (Phi) is 37.5. The number of β-amino-alcohol motifs (C(OH)–C–C–N with tert-alkyl or cyclic N) is 1. The number of ether oxygens (including phenoxy) is 10. The maximum atomic E-state index is 14.0. The highest BCUT2D eigenvalue weighted by molar-refractivity contribution is 7.13. The molecule has 0 saturated carbocycles. The van der Waals surface area contributed by atoms with Crippen LogP contribution >= 0.6 is 11.3 Å². The molecule has 7 rings (SSSR count). The first kappa shape index (κ1) is 85.6. The molecule has 5 aromatic rings. The van der Waals surface area contributed by atoms with Crippen LogP contribution in [0.15, 0.2) is 71.1 Å². The number of H-pyrrole nitrogens is 1. The predicted octanol–water partition coefficient (Wildman–Crippen LogP) is 5.23. The van der Waals surface area contributed by atoms with E-state index in [1.807, 2.05) is 109 Å². The van der Waals surface area contributed by atoms with E-state index in [1.54, 1.807) is 23.6 Å². The number of anilines is 2. The highest BCUT2D eigenvalue weighted by Gasteiger charge is 2.44. The SMILES string of the molecule is Cc1cc(C)c(CNC(=O)c2cc(-c3ccc(N4CCN(CCC(=O)NCCOCCOCCOCCOCCOCCOCCOCCOCCOCCOCCC(=O)N[C@H](C(=O)N5C[C@H](O)C[C@H]5C(=O)NCc5ccc(-c6scnc6C)cc5)C(C)(C)C)CC4)nc3)cc(NC(C)C)c2C=N)c(=O)[nH]1.